The Balaban J connectivity index is 1.19. The van der Waals surface area contributed by atoms with Gasteiger partial charge in [0, 0.05) is 56.8 Å². The SMILES string of the molecule is CCC1(Cc2ccccc2)N(C)c2cccc3c(C4=C(O)/C(=c5/ccc6c7c(cccc57)N(C)C(CC)(Cc5ccccc5)[N+]=6C)C4=O)ccc(c23)N1C. The standard InChI is InChI=1S/C48H46N4O2/c1-7-47(29-31-17-11-9-12-18-31)49(3)37-23-15-21-33-35(25-27-39(41(33)37)51(47)5)43-45(53)44(46(43)54)36-26-28-40-42-34(36)22-16-24-38(42)50(4)48(8-2,52(40)6)30-32-19-13-10-14-20-32/h9-28H,7-8,29-30H2,1-6H3/p+1. The molecule has 6 aromatic rings. The number of aliphatic hydroxyl groups is 1. The van der Waals surface area contributed by atoms with E-state index in [-0.39, 0.29) is 22.9 Å². The van der Waals surface area contributed by atoms with Gasteiger partial charge in [-0.15, -0.1) is 0 Å². The highest BCUT2D eigenvalue weighted by atomic mass is 16.3. The smallest absolute Gasteiger partial charge is 0.241 e. The highest BCUT2D eigenvalue weighted by Crippen LogP contribution is 2.50. The Morgan fingerprint density at radius 2 is 1.19 bits per heavy atom. The third-order valence-corrected chi connectivity index (χ3v) is 13.2. The molecular weight excluding hydrogens is 665 g/mol. The van der Waals surface area contributed by atoms with Gasteiger partial charge >= 0.3 is 0 Å². The van der Waals surface area contributed by atoms with Gasteiger partial charge in [0.2, 0.25) is 16.8 Å². The fourth-order valence-corrected chi connectivity index (χ4v) is 10.1. The molecule has 3 aliphatic rings. The monoisotopic (exact) mass is 711 g/mol. The van der Waals surface area contributed by atoms with E-state index in [0.717, 1.165) is 80.4 Å². The van der Waals surface area contributed by atoms with Crippen molar-refractivity contribution in [3.63, 3.8) is 0 Å². The Labute approximate surface area is 317 Å². The Morgan fingerprint density at radius 1 is 0.593 bits per heavy atom. The van der Waals surface area contributed by atoms with Crippen LogP contribution in [0.3, 0.4) is 0 Å². The van der Waals surface area contributed by atoms with Crippen molar-refractivity contribution >= 4 is 55.5 Å². The van der Waals surface area contributed by atoms with Crippen LogP contribution in [0.25, 0.3) is 32.7 Å². The van der Waals surface area contributed by atoms with Crippen LogP contribution in [0.2, 0.25) is 0 Å². The molecule has 2 atom stereocenters. The van der Waals surface area contributed by atoms with Crippen molar-refractivity contribution in [3.8, 4) is 0 Å². The molecule has 6 nitrogen and oxygen atoms in total. The minimum absolute atomic E-state index is 0.0652. The van der Waals surface area contributed by atoms with Gasteiger partial charge < -0.3 is 19.8 Å². The number of carbonyl (C=O) groups excluding carboxylic acids is 1. The molecule has 54 heavy (non-hydrogen) atoms. The first-order valence-corrected chi connectivity index (χ1v) is 19.2. The maximum Gasteiger partial charge on any atom is 0.241 e. The zero-order valence-electron chi connectivity index (χ0n) is 32.0. The summed E-state index contributed by atoms with van der Waals surface area (Å²) in [6, 6.07) is 42.4. The number of likely N-dealkylation sites (N-methyl/N-ethyl adjacent to an activating group) is 4. The Morgan fingerprint density at radius 3 is 1.80 bits per heavy atom. The van der Waals surface area contributed by atoms with Crippen LogP contribution in [0, 0.1) is 0 Å². The summed E-state index contributed by atoms with van der Waals surface area (Å²) in [5, 5.41) is 18.0. The van der Waals surface area contributed by atoms with Crippen molar-refractivity contribution in [1.82, 2.24) is 4.58 Å². The summed E-state index contributed by atoms with van der Waals surface area (Å²) in [6.07, 6.45) is 3.57. The zero-order chi connectivity index (χ0) is 37.5. The number of benzene rings is 6. The number of Topliss-reactive ketones (excluding diaryl/α,β-unsaturated/α-hetero) is 1. The highest BCUT2D eigenvalue weighted by molar-refractivity contribution is 6.53. The van der Waals surface area contributed by atoms with Gasteiger partial charge in [0.05, 0.1) is 28.6 Å². The van der Waals surface area contributed by atoms with Crippen LogP contribution in [-0.4, -0.2) is 50.4 Å². The minimum atomic E-state index is -0.270. The molecule has 6 heteroatoms. The molecule has 2 aliphatic heterocycles. The number of rotatable bonds is 7. The van der Waals surface area contributed by atoms with Gasteiger partial charge in [-0.25, -0.2) is 4.58 Å². The first kappa shape index (κ1) is 33.9. The second kappa shape index (κ2) is 12.3. The van der Waals surface area contributed by atoms with Crippen molar-refractivity contribution in [1.29, 1.82) is 0 Å². The average molecular weight is 712 g/mol. The second-order valence-corrected chi connectivity index (χ2v) is 15.3. The van der Waals surface area contributed by atoms with Gasteiger partial charge in [-0.1, -0.05) is 105 Å². The van der Waals surface area contributed by atoms with E-state index in [1.807, 2.05) is 12.1 Å². The molecule has 0 spiro atoms. The van der Waals surface area contributed by atoms with Crippen molar-refractivity contribution < 1.29 is 9.90 Å². The molecule has 6 aromatic carbocycles. The number of hydrogen-bond acceptors (Lipinski definition) is 5. The van der Waals surface area contributed by atoms with Crippen LogP contribution >= 0.6 is 0 Å². The van der Waals surface area contributed by atoms with Crippen LogP contribution in [0.5, 0.6) is 0 Å². The van der Waals surface area contributed by atoms with E-state index < -0.39 is 0 Å². The van der Waals surface area contributed by atoms with E-state index in [9.17, 15) is 9.90 Å². The summed E-state index contributed by atoms with van der Waals surface area (Å²) in [6.45, 7) is 4.51. The molecule has 0 aromatic heterocycles. The summed E-state index contributed by atoms with van der Waals surface area (Å²) in [7, 11) is 8.74. The lowest BCUT2D eigenvalue weighted by atomic mass is 9.79. The largest absolute Gasteiger partial charge is 0.506 e. The normalized spacial score (nSPS) is 21.7. The van der Waals surface area contributed by atoms with Crippen LogP contribution < -0.4 is 29.9 Å². The maximum absolute atomic E-state index is 14.4. The van der Waals surface area contributed by atoms with E-state index in [2.05, 4.69) is 171 Å². The van der Waals surface area contributed by atoms with E-state index in [1.54, 1.807) is 0 Å². The molecule has 0 radical (unpaired) electrons. The summed E-state index contributed by atoms with van der Waals surface area (Å²) in [4.78, 5) is 21.7. The summed E-state index contributed by atoms with van der Waals surface area (Å²) in [5.74, 6) is -0.0571. The number of anilines is 3. The Hall–Kier alpha value is -5.88. The minimum Gasteiger partial charge on any atom is -0.506 e. The fourth-order valence-electron chi connectivity index (χ4n) is 10.1. The van der Waals surface area contributed by atoms with E-state index in [1.165, 1.54) is 11.1 Å². The topological polar surface area (TPSA) is 50.0 Å². The third kappa shape index (κ3) is 4.52. The van der Waals surface area contributed by atoms with Gasteiger partial charge in [0.15, 0.2) is 0 Å². The summed E-state index contributed by atoms with van der Waals surface area (Å²) in [5.41, 5.74) is 6.97. The summed E-state index contributed by atoms with van der Waals surface area (Å²) < 4.78 is 2.41. The van der Waals surface area contributed by atoms with Crippen molar-refractivity contribution in [3.05, 3.63) is 154 Å². The molecule has 9 rings (SSSR count). The van der Waals surface area contributed by atoms with Gasteiger partial charge in [0.1, 0.15) is 18.5 Å². The first-order valence-electron chi connectivity index (χ1n) is 19.2. The lowest BCUT2D eigenvalue weighted by Crippen LogP contribution is -2.63. The van der Waals surface area contributed by atoms with E-state index in [0.29, 0.717) is 11.1 Å². The molecule has 0 saturated carbocycles. The Kier molecular flexibility index (Phi) is 7.75. The number of carbonyl (C=O) groups is 1. The van der Waals surface area contributed by atoms with Gasteiger partial charge in [-0.3, -0.25) is 4.79 Å². The lowest BCUT2D eigenvalue weighted by molar-refractivity contribution is -0.109. The summed E-state index contributed by atoms with van der Waals surface area (Å²) >= 11 is 0. The Bertz CT molecular complexity index is 2670. The van der Waals surface area contributed by atoms with Crippen molar-refractivity contribution in [2.45, 2.75) is 50.9 Å². The second-order valence-electron chi connectivity index (χ2n) is 15.3. The van der Waals surface area contributed by atoms with Crippen LogP contribution in [0.15, 0.2) is 127 Å². The molecule has 1 aliphatic carbocycles. The van der Waals surface area contributed by atoms with Crippen LogP contribution in [0.1, 0.15) is 43.4 Å². The molecule has 0 saturated heterocycles. The quantitative estimate of drug-likeness (QED) is 0.171. The molecule has 2 unspecified atom stereocenters. The number of hydrogen-bond donors (Lipinski definition) is 1. The molecule has 0 bridgehead atoms. The average Bonchev–Trinajstić information content (AvgIpc) is 3.21. The highest BCUT2D eigenvalue weighted by Gasteiger charge is 2.47. The molecule has 0 fully saturated rings. The van der Waals surface area contributed by atoms with Crippen molar-refractivity contribution in [2.24, 2.45) is 0 Å². The van der Waals surface area contributed by atoms with Gasteiger partial charge in [-0.05, 0) is 63.4 Å². The number of nitrogens with zero attached hydrogens (tertiary/aromatic N) is 4. The zero-order valence-corrected chi connectivity index (χ0v) is 32.0. The maximum atomic E-state index is 14.4. The third-order valence-electron chi connectivity index (χ3n) is 13.2. The predicted octanol–water partition coefficient (Wildman–Crippen LogP) is 7.85. The molecule has 1 N–H and O–H groups in total. The molecule has 0 amide bonds. The number of aliphatic hydroxyl groups excluding tert-OH is 1. The number of ketones is 1. The van der Waals surface area contributed by atoms with Gasteiger partial charge in [-0.2, -0.15) is 0 Å². The lowest BCUT2D eigenvalue weighted by Gasteiger charge is -2.54. The van der Waals surface area contributed by atoms with Gasteiger partial charge in [0.25, 0.3) is 0 Å². The van der Waals surface area contributed by atoms with Crippen LogP contribution in [0.4, 0.5) is 17.1 Å². The van der Waals surface area contributed by atoms with E-state index >= 15 is 0 Å². The van der Waals surface area contributed by atoms with E-state index in [4.69, 9.17) is 0 Å². The number of allylic oxidation sites excluding steroid dienone is 2. The first-order chi connectivity index (χ1) is 26.2. The van der Waals surface area contributed by atoms with Crippen molar-refractivity contribution in [2.75, 3.05) is 42.9 Å². The molecule has 270 valence electrons. The van der Waals surface area contributed by atoms with Crippen LogP contribution in [-0.2, 0) is 17.6 Å². The molecular formula is C48H47N4O2+. The molecule has 2 heterocycles. The fraction of sp³-hybridized carbons (Fsp3) is 0.250. The predicted molar refractivity (Wildman–Crippen MR) is 224 cm³/mol.